The van der Waals surface area contributed by atoms with E-state index in [4.69, 9.17) is 11.6 Å². The van der Waals surface area contributed by atoms with Gasteiger partial charge in [-0.05, 0) is 6.07 Å². The van der Waals surface area contributed by atoms with Gasteiger partial charge in [0.1, 0.15) is 0 Å². The molecule has 0 aliphatic carbocycles. The number of benzene rings is 1. The van der Waals surface area contributed by atoms with Gasteiger partial charge in [0.15, 0.2) is 0 Å². The van der Waals surface area contributed by atoms with Gasteiger partial charge in [0.05, 0.1) is 22.7 Å². The lowest BCUT2D eigenvalue weighted by molar-refractivity contribution is -0.385. The Morgan fingerprint density at radius 1 is 1.24 bits per heavy atom. The fourth-order valence-electron chi connectivity index (χ4n) is 2.07. The summed E-state index contributed by atoms with van der Waals surface area (Å²) in [5, 5.41) is 12.3. The van der Waals surface area contributed by atoms with E-state index in [0.29, 0.717) is 5.02 Å². The van der Waals surface area contributed by atoms with Gasteiger partial charge >= 0.3 is 0 Å². The van der Waals surface area contributed by atoms with Crippen molar-refractivity contribution in [1.29, 1.82) is 0 Å². The molecule has 3 aromatic rings. The third-order valence-corrected chi connectivity index (χ3v) is 4.79. The molecule has 0 atom stereocenters. The zero-order chi connectivity index (χ0) is 15.0. The van der Waals surface area contributed by atoms with E-state index in [9.17, 15) is 14.9 Å². The molecule has 0 spiro atoms. The Kier molecular flexibility index (Phi) is 3.48. The van der Waals surface area contributed by atoms with Crippen LogP contribution >= 0.6 is 22.9 Å². The number of aromatic nitrogens is 1. The van der Waals surface area contributed by atoms with Gasteiger partial charge in [-0.15, -0.1) is 11.3 Å². The van der Waals surface area contributed by atoms with E-state index >= 15 is 0 Å². The molecule has 0 unspecified atom stereocenters. The molecular formula is C14H9ClN2O3S. The lowest BCUT2D eigenvalue weighted by atomic mass is 10.2. The van der Waals surface area contributed by atoms with Crippen molar-refractivity contribution >= 4 is 38.7 Å². The number of halogens is 1. The van der Waals surface area contributed by atoms with Gasteiger partial charge < -0.3 is 4.57 Å². The topological polar surface area (TPSA) is 65.1 Å². The third-order valence-electron chi connectivity index (χ3n) is 3.09. The first-order chi connectivity index (χ1) is 10.1. The first-order valence-corrected chi connectivity index (χ1v) is 7.26. The number of pyridine rings is 1. The van der Waals surface area contributed by atoms with E-state index in [2.05, 4.69) is 0 Å². The number of nitro groups is 1. The van der Waals surface area contributed by atoms with E-state index in [1.807, 2.05) is 24.3 Å². The highest BCUT2D eigenvalue weighted by atomic mass is 35.5. The van der Waals surface area contributed by atoms with Gasteiger partial charge in [-0.3, -0.25) is 14.9 Å². The number of rotatable bonds is 3. The Labute approximate surface area is 128 Å². The smallest absolute Gasteiger partial charge is 0.285 e. The summed E-state index contributed by atoms with van der Waals surface area (Å²) >= 11 is 7.80. The molecule has 0 aliphatic rings. The summed E-state index contributed by atoms with van der Waals surface area (Å²) in [4.78, 5) is 22.9. The van der Waals surface area contributed by atoms with Gasteiger partial charge in [0.25, 0.3) is 11.2 Å². The SMILES string of the molecule is O=c1ccc([N+](=O)[O-])cn1Cc1sc2ccccc2c1Cl. The Morgan fingerprint density at radius 2 is 2.00 bits per heavy atom. The van der Waals surface area contributed by atoms with Crippen LogP contribution in [0.3, 0.4) is 0 Å². The molecule has 7 heteroatoms. The third kappa shape index (κ3) is 2.55. The summed E-state index contributed by atoms with van der Waals surface area (Å²) in [5.74, 6) is 0. The quantitative estimate of drug-likeness (QED) is 0.546. The number of fused-ring (bicyclic) bond motifs is 1. The molecule has 0 amide bonds. The van der Waals surface area contributed by atoms with Crippen LogP contribution in [-0.4, -0.2) is 9.49 Å². The summed E-state index contributed by atoms with van der Waals surface area (Å²) < 4.78 is 2.32. The second-order valence-corrected chi connectivity index (χ2v) is 5.96. The summed E-state index contributed by atoms with van der Waals surface area (Å²) in [5.41, 5.74) is -0.416. The van der Waals surface area contributed by atoms with Gasteiger partial charge in [-0.1, -0.05) is 29.8 Å². The number of hydrogen-bond donors (Lipinski definition) is 0. The number of thiophene rings is 1. The number of hydrogen-bond acceptors (Lipinski definition) is 4. The van der Waals surface area contributed by atoms with Crippen LogP contribution in [0.1, 0.15) is 4.88 Å². The molecule has 1 aromatic carbocycles. The predicted molar refractivity (Wildman–Crippen MR) is 83.3 cm³/mol. The van der Waals surface area contributed by atoms with Crippen molar-refractivity contribution < 1.29 is 4.92 Å². The van der Waals surface area contributed by atoms with E-state index < -0.39 is 4.92 Å². The van der Waals surface area contributed by atoms with E-state index in [0.717, 1.165) is 15.0 Å². The fourth-order valence-corrected chi connectivity index (χ4v) is 3.56. The Bertz CT molecular complexity index is 901. The summed E-state index contributed by atoms with van der Waals surface area (Å²) in [6, 6.07) is 10.1. The predicted octanol–water partition coefficient (Wildman–Crippen LogP) is 3.67. The first-order valence-electron chi connectivity index (χ1n) is 6.07. The fraction of sp³-hybridized carbons (Fsp3) is 0.0714. The zero-order valence-electron chi connectivity index (χ0n) is 10.7. The minimum Gasteiger partial charge on any atom is -0.303 e. The van der Waals surface area contributed by atoms with Crippen molar-refractivity contribution in [2.45, 2.75) is 6.54 Å². The van der Waals surface area contributed by atoms with Crippen LogP contribution in [0.15, 0.2) is 47.4 Å². The molecule has 0 fully saturated rings. The van der Waals surface area contributed by atoms with Crippen molar-refractivity contribution in [2.75, 3.05) is 0 Å². The second-order valence-electron chi connectivity index (χ2n) is 4.45. The molecule has 0 N–H and O–H groups in total. The summed E-state index contributed by atoms with van der Waals surface area (Å²) in [6.07, 6.45) is 1.24. The Balaban J connectivity index is 2.06. The largest absolute Gasteiger partial charge is 0.303 e. The van der Waals surface area contributed by atoms with Crippen LogP contribution in [-0.2, 0) is 6.54 Å². The van der Waals surface area contributed by atoms with Crippen LogP contribution in [0, 0.1) is 10.1 Å². The van der Waals surface area contributed by atoms with E-state index in [-0.39, 0.29) is 17.8 Å². The maximum atomic E-state index is 11.8. The summed E-state index contributed by atoms with van der Waals surface area (Å²) in [7, 11) is 0. The summed E-state index contributed by atoms with van der Waals surface area (Å²) in [6.45, 7) is 0.221. The monoisotopic (exact) mass is 320 g/mol. The van der Waals surface area contributed by atoms with E-state index in [1.54, 1.807) is 0 Å². The molecule has 3 rings (SSSR count). The first kappa shape index (κ1) is 13.8. The molecule has 2 aromatic heterocycles. The molecule has 0 aliphatic heterocycles. The minimum atomic E-state index is -0.525. The molecule has 0 bridgehead atoms. The van der Waals surface area contributed by atoms with Crippen LogP contribution in [0.5, 0.6) is 0 Å². The zero-order valence-corrected chi connectivity index (χ0v) is 12.2. The molecule has 5 nitrogen and oxygen atoms in total. The van der Waals surface area contributed by atoms with Gasteiger partial charge in [-0.25, -0.2) is 0 Å². The molecule has 0 saturated carbocycles. The van der Waals surface area contributed by atoms with Gasteiger partial charge in [-0.2, -0.15) is 0 Å². The normalized spacial score (nSPS) is 10.9. The number of nitrogens with zero attached hydrogens (tertiary/aromatic N) is 2. The maximum absolute atomic E-state index is 11.8. The van der Waals surface area contributed by atoms with Gasteiger partial charge in [0.2, 0.25) is 0 Å². The molecule has 2 heterocycles. The highest BCUT2D eigenvalue weighted by molar-refractivity contribution is 7.19. The van der Waals surface area contributed by atoms with E-state index in [1.165, 1.54) is 34.2 Å². The average Bonchev–Trinajstić information content (AvgIpc) is 2.78. The van der Waals surface area contributed by atoms with Crippen molar-refractivity contribution in [3.05, 3.63) is 73.0 Å². The second kappa shape index (κ2) is 5.31. The molecule has 0 radical (unpaired) electrons. The van der Waals surface area contributed by atoms with Crippen molar-refractivity contribution in [2.24, 2.45) is 0 Å². The highest BCUT2D eigenvalue weighted by Crippen LogP contribution is 2.35. The van der Waals surface area contributed by atoms with Gasteiger partial charge in [0, 0.05) is 27.1 Å². The van der Waals surface area contributed by atoms with Crippen molar-refractivity contribution in [3.63, 3.8) is 0 Å². The van der Waals surface area contributed by atoms with Crippen LogP contribution in [0.4, 0.5) is 5.69 Å². The van der Waals surface area contributed by atoms with Crippen LogP contribution in [0.25, 0.3) is 10.1 Å². The minimum absolute atomic E-state index is 0.119. The average molecular weight is 321 g/mol. The highest BCUT2D eigenvalue weighted by Gasteiger charge is 2.13. The Morgan fingerprint density at radius 3 is 2.71 bits per heavy atom. The molecule has 0 saturated heterocycles. The standard InChI is InChI=1S/C14H9ClN2O3S/c15-14-10-3-1-2-4-11(10)21-12(14)8-16-7-9(17(19)20)5-6-13(16)18/h1-7H,8H2. The van der Waals surface area contributed by atoms with Crippen LogP contribution in [0.2, 0.25) is 5.02 Å². The molecular weight excluding hydrogens is 312 g/mol. The van der Waals surface area contributed by atoms with Crippen molar-refractivity contribution in [3.8, 4) is 0 Å². The van der Waals surface area contributed by atoms with Crippen LogP contribution < -0.4 is 5.56 Å². The molecule has 106 valence electrons. The van der Waals surface area contributed by atoms with Crippen molar-refractivity contribution in [1.82, 2.24) is 4.57 Å². The Hall–Kier alpha value is -2.18. The maximum Gasteiger partial charge on any atom is 0.285 e. The lowest BCUT2D eigenvalue weighted by Crippen LogP contribution is -2.19. The molecule has 21 heavy (non-hydrogen) atoms. The lowest BCUT2D eigenvalue weighted by Gasteiger charge is -2.03.